The number of hydrogen-bond acceptors (Lipinski definition) is 4. The van der Waals surface area contributed by atoms with Crippen LogP contribution in [0.1, 0.15) is 15.9 Å². The van der Waals surface area contributed by atoms with E-state index in [0.717, 1.165) is 3.57 Å². The van der Waals surface area contributed by atoms with Crippen LogP contribution in [-0.2, 0) is 0 Å². The van der Waals surface area contributed by atoms with E-state index in [1.807, 2.05) is 0 Å². The summed E-state index contributed by atoms with van der Waals surface area (Å²) >= 11 is 14.4. The Balaban J connectivity index is 2.08. The third kappa shape index (κ3) is 5.36. The van der Waals surface area contributed by atoms with E-state index in [9.17, 15) is 4.79 Å². The summed E-state index contributed by atoms with van der Waals surface area (Å²) in [6.45, 7) is 3.86. The first-order valence-corrected chi connectivity index (χ1v) is 9.19. The van der Waals surface area contributed by atoms with Gasteiger partial charge in [-0.1, -0.05) is 35.9 Å². The lowest BCUT2D eigenvalue weighted by Crippen LogP contribution is -2.17. The van der Waals surface area contributed by atoms with E-state index in [1.54, 1.807) is 43.5 Å². The number of rotatable bonds is 7. The minimum Gasteiger partial charge on any atom is -0.496 e. The van der Waals surface area contributed by atoms with Gasteiger partial charge in [0, 0.05) is 5.56 Å². The zero-order chi connectivity index (χ0) is 19.1. The van der Waals surface area contributed by atoms with Crippen LogP contribution in [0.3, 0.4) is 0 Å². The predicted molar refractivity (Wildman–Crippen MR) is 113 cm³/mol. The first-order chi connectivity index (χ1) is 12.5. The molecule has 0 aliphatic heterocycles. The highest BCUT2D eigenvalue weighted by Gasteiger charge is 2.10. The number of hydrogen-bond donors (Lipinski definition) is 1. The summed E-state index contributed by atoms with van der Waals surface area (Å²) in [4.78, 5) is 12.2. The number of hydrazone groups is 1. The second kappa shape index (κ2) is 9.80. The lowest BCUT2D eigenvalue weighted by Gasteiger charge is -2.09. The molecule has 0 atom stereocenters. The first kappa shape index (κ1) is 20.5. The molecule has 0 radical (unpaired) electrons. The van der Waals surface area contributed by atoms with Gasteiger partial charge in [0.05, 0.1) is 26.9 Å². The number of nitrogens with one attached hydrogen (secondary N) is 1. The van der Waals surface area contributed by atoms with Gasteiger partial charge in [-0.25, -0.2) is 5.43 Å². The van der Waals surface area contributed by atoms with Crippen LogP contribution in [0.15, 0.2) is 48.1 Å². The summed E-state index contributed by atoms with van der Waals surface area (Å²) in [6, 6.07) is 8.39. The van der Waals surface area contributed by atoms with Gasteiger partial charge in [0.1, 0.15) is 12.4 Å². The van der Waals surface area contributed by atoms with Gasteiger partial charge < -0.3 is 9.47 Å². The van der Waals surface area contributed by atoms with Crippen LogP contribution in [0.2, 0.25) is 10.0 Å². The molecule has 136 valence electrons. The van der Waals surface area contributed by atoms with Crippen molar-refractivity contribution < 1.29 is 14.3 Å². The van der Waals surface area contributed by atoms with Crippen LogP contribution in [0.5, 0.6) is 11.5 Å². The van der Waals surface area contributed by atoms with Crippen molar-refractivity contribution in [3.8, 4) is 11.5 Å². The fourth-order valence-electron chi connectivity index (χ4n) is 1.97. The highest BCUT2D eigenvalue weighted by Crippen LogP contribution is 2.33. The third-order valence-electron chi connectivity index (χ3n) is 3.16. The number of carbonyl (C=O) groups excluding carboxylic acids is 1. The van der Waals surface area contributed by atoms with Gasteiger partial charge in [-0.2, -0.15) is 5.10 Å². The fourth-order valence-corrected chi connectivity index (χ4v) is 3.13. The molecule has 8 heteroatoms. The monoisotopic (exact) mass is 504 g/mol. The van der Waals surface area contributed by atoms with Gasteiger partial charge in [-0.3, -0.25) is 4.79 Å². The number of halogens is 3. The summed E-state index contributed by atoms with van der Waals surface area (Å²) in [5, 5.41) is 4.61. The lowest BCUT2D eigenvalue weighted by atomic mass is 10.2. The average Bonchev–Trinajstić information content (AvgIpc) is 2.61. The molecular weight excluding hydrogens is 490 g/mol. The summed E-state index contributed by atoms with van der Waals surface area (Å²) in [6.07, 6.45) is 3.04. The minimum atomic E-state index is -0.362. The molecule has 5 nitrogen and oxygen atoms in total. The van der Waals surface area contributed by atoms with E-state index in [1.165, 1.54) is 6.21 Å². The number of carbonyl (C=O) groups is 1. The van der Waals surface area contributed by atoms with Crippen molar-refractivity contribution in [2.45, 2.75) is 0 Å². The summed E-state index contributed by atoms with van der Waals surface area (Å²) in [5.74, 6) is 0.635. The summed E-state index contributed by atoms with van der Waals surface area (Å²) in [5.41, 5.74) is 3.50. The Morgan fingerprint density at radius 2 is 2.00 bits per heavy atom. The maximum absolute atomic E-state index is 12.2. The van der Waals surface area contributed by atoms with Gasteiger partial charge in [-0.05, 0) is 58.5 Å². The van der Waals surface area contributed by atoms with Crippen LogP contribution in [0.4, 0.5) is 0 Å². The van der Waals surface area contributed by atoms with Crippen LogP contribution in [0, 0.1) is 3.57 Å². The molecule has 0 aliphatic rings. The van der Waals surface area contributed by atoms with E-state index in [4.69, 9.17) is 32.7 Å². The molecule has 2 aromatic rings. The van der Waals surface area contributed by atoms with E-state index >= 15 is 0 Å². The Hall–Kier alpha value is -1.77. The van der Waals surface area contributed by atoms with Crippen molar-refractivity contribution in [2.24, 2.45) is 5.10 Å². The molecule has 0 bridgehead atoms. The quantitative estimate of drug-likeness (QED) is 0.251. The fraction of sp³-hybridized carbons (Fsp3) is 0.111. The van der Waals surface area contributed by atoms with Crippen LogP contribution in [0.25, 0.3) is 0 Å². The van der Waals surface area contributed by atoms with Crippen LogP contribution in [-0.4, -0.2) is 25.8 Å². The summed E-state index contributed by atoms with van der Waals surface area (Å²) < 4.78 is 11.5. The number of benzene rings is 2. The zero-order valence-electron chi connectivity index (χ0n) is 13.8. The number of ether oxygens (including phenoxy) is 2. The molecule has 2 aromatic carbocycles. The summed E-state index contributed by atoms with van der Waals surface area (Å²) in [7, 11) is 1.55. The van der Waals surface area contributed by atoms with E-state index in [-0.39, 0.29) is 5.91 Å². The smallest absolute Gasteiger partial charge is 0.271 e. The molecule has 0 aromatic heterocycles. The van der Waals surface area contributed by atoms with Crippen molar-refractivity contribution in [3.05, 3.63) is 67.7 Å². The lowest BCUT2D eigenvalue weighted by molar-refractivity contribution is 0.0954. The molecule has 1 N–H and O–H groups in total. The largest absolute Gasteiger partial charge is 0.496 e. The number of nitrogens with zero attached hydrogens (tertiary/aromatic N) is 1. The van der Waals surface area contributed by atoms with Crippen molar-refractivity contribution in [1.29, 1.82) is 0 Å². The Kier molecular flexibility index (Phi) is 7.74. The SMILES string of the molecule is C=CCOc1c(Cl)cc(/C=N\NC(=O)c2ccc(I)c(OC)c2)cc1Cl. The maximum Gasteiger partial charge on any atom is 0.271 e. The van der Waals surface area contributed by atoms with Crippen LogP contribution >= 0.6 is 45.8 Å². The van der Waals surface area contributed by atoms with Gasteiger partial charge in [0.25, 0.3) is 5.91 Å². The average molecular weight is 505 g/mol. The molecule has 0 saturated carbocycles. The Morgan fingerprint density at radius 3 is 2.62 bits per heavy atom. The molecule has 0 spiro atoms. The van der Waals surface area contributed by atoms with Crippen LogP contribution < -0.4 is 14.9 Å². The topological polar surface area (TPSA) is 59.9 Å². The molecular formula is C18H15Cl2IN2O3. The molecule has 1 amide bonds. The maximum atomic E-state index is 12.2. The normalized spacial score (nSPS) is 10.6. The molecule has 0 aliphatic carbocycles. The minimum absolute atomic E-state index is 0.294. The Morgan fingerprint density at radius 1 is 1.31 bits per heavy atom. The number of amides is 1. The van der Waals surface area contributed by atoms with Gasteiger partial charge in [0.2, 0.25) is 0 Å². The highest BCUT2D eigenvalue weighted by molar-refractivity contribution is 14.1. The predicted octanol–water partition coefficient (Wildman–Crippen LogP) is 4.94. The second-order valence-electron chi connectivity index (χ2n) is 4.96. The molecule has 2 rings (SSSR count). The second-order valence-corrected chi connectivity index (χ2v) is 6.94. The van der Waals surface area contributed by atoms with E-state index in [0.29, 0.717) is 39.3 Å². The molecule has 0 fully saturated rings. The number of methoxy groups -OCH3 is 1. The highest BCUT2D eigenvalue weighted by atomic mass is 127. The van der Waals surface area contributed by atoms with Gasteiger partial charge in [-0.15, -0.1) is 0 Å². The molecule has 0 saturated heterocycles. The van der Waals surface area contributed by atoms with Gasteiger partial charge in [0.15, 0.2) is 5.75 Å². The van der Waals surface area contributed by atoms with Crippen molar-refractivity contribution in [2.75, 3.05) is 13.7 Å². The van der Waals surface area contributed by atoms with E-state index in [2.05, 4.69) is 39.7 Å². The third-order valence-corrected chi connectivity index (χ3v) is 4.61. The van der Waals surface area contributed by atoms with Crippen molar-refractivity contribution >= 4 is 57.9 Å². The molecule has 0 unspecified atom stereocenters. The molecule has 0 heterocycles. The van der Waals surface area contributed by atoms with Crippen molar-refractivity contribution in [1.82, 2.24) is 5.43 Å². The van der Waals surface area contributed by atoms with Gasteiger partial charge >= 0.3 is 0 Å². The standard InChI is InChI=1S/C18H15Cl2IN2O3/c1-3-6-26-17-13(19)7-11(8-14(17)20)10-22-23-18(24)12-4-5-15(21)16(9-12)25-2/h3-5,7-10H,1,6H2,2H3,(H,23,24)/b22-10-. The van der Waals surface area contributed by atoms with E-state index < -0.39 is 0 Å². The Labute approximate surface area is 175 Å². The molecule has 26 heavy (non-hydrogen) atoms. The first-order valence-electron chi connectivity index (χ1n) is 7.36. The van der Waals surface area contributed by atoms with Crippen molar-refractivity contribution in [3.63, 3.8) is 0 Å². The zero-order valence-corrected chi connectivity index (χ0v) is 17.4. The Bertz CT molecular complexity index is 833.